The molecule has 0 spiro atoms. The molecule has 0 fully saturated rings. The zero-order valence-electron chi connectivity index (χ0n) is 16.5. The Balaban J connectivity index is 1.39. The summed E-state index contributed by atoms with van der Waals surface area (Å²) in [7, 11) is 0. The Hall–Kier alpha value is -3.18. The van der Waals surface area contributed by atoms with Crippen LogP contribution >= 0.6 is 23.1 Å². The lowest BCUT2D eigenvalue weighted by molar-refractivity contribution is -0.113. The SMILES string of the molecule is Cc1ccc(-n2nnnc2SCC(=O)Nc2nc(-c3ccc(F)c(F)c3)cs2)cc1C. The van der Waals surface area contributed by atoms with E-state index in [1.165, 1.54) is 29.2 Å². The van der Waals surface area contributed by atoms with E-state index in [2.05, 4.69) is 25.8 Å². The Morgan fingerprint density at radius 2 is 1.97 bits per heavy atom. The van der Waals surface area contributed by atoms with E-state index < -0.39 is 11.6 Å². The molecular weight excluding hydrogens is 442 g/mol. The van der Waals surface area contributed by atoms with Crippen LogP contribution in [0.5, 0.6) is 0 Å². The number of aromatic nitrogens is 5. The fourth-order valence-electron chi connectivity index (χ4n) is 2.69. The van der Waals surface area contributed by atoms with Crippen LogP contribution in [-0.4, -0.2) is 36.9 Å². The highest BCUT2D eigenvalue weighted by Gasteiger charge is 2.14. The highest BCUT2D eigenvalue weighted by molar-refractivity contribution is 7.99. The summed E-state index contributed by atoms with van der Waals surface area (Å²) in [5.41, 5.74) is 3.97. The number of tetrazole rings is 1. The van der Waals surface area contributed by atoms with Crippen LogP contribution in [0, 0.1) is 25.5 Å². The number of thioether (sulfide) groups is 1. The summed E-state index contributed by atoms with van der Waals surface area (Å²) in [5.74, 6) is -2.09. The van der Waals surface area contributed by atoms with Crippen molar-refractivity contribution < 1.29 is 13.6 Å². The lowest BCUT2D eigenvalue weighted by atomic mass is 10.1. The highest BCUT2D eigenvalue weighted by Crippen LogP contribution is 2.26. The Morgan fingerprint density at radius 3 is 2.74 bits per heavy atom. The molecule has 0 atom stereocenters. The topological polar surface area (TPSA) is 85.6 Å². The number of carbonyl (C=O) groups excluding carboxylic acids is 1. The summed E-state index contributed by atoms with van der Waals surface area (Å²) in [4.78, 5) is 16.6. The fourth-order valence-corrected chi connectivity index (χ4v) is 4.12. The van der Waals surface area contributed by atoms with Gasteiger partial charge in [-0.15, -0.1) is 16.4 Å². The normalized spacial score (nSPS) is 11.0. The first-order chi connectivity index (χ1) is 14.9. The first-order valence-electron chi connectivity index (χ1n) is 9.10. The molecule has 0 radical (unpaired) electrons. The molecule has 158 valence electrons. The molecule has 0 saturated carbocycles. The van der Waals surface area contributed by atoms with E-state index in [1.807, 2.05) is 32.0 Å². The number of anilines is 1. The van der Waals surface area contributed by atoms with Crippen molar-refractivity contribution in [1.29, 1.82) is 0 Å². The van der Waals surface area contributed by atoms with Gasteiger partial charge in [0.05, 0.1) is 17.1 Å². The van der Waals surface area contributed by atoms with Gasteiger partial charge in [0, 0.05) is 10.9 Å². The number of thiazole rings is 1. The van der Waals surface area contributed by atoms with Crippen LogP contribution in [0.2, 0.25) is 0 Å². The molecular formula is C20H16F2N6OS2. The van der Waals surface area contributed by atoms with Crippen molar-refractivity contribution >= 4 is 34.1 Å². The van der Waals surface area contributed by atoms with Crippen molar-refractivity contribution in [3.63, 3.8) is 0 Å². The smallest absolute Gasteiger partial charge is 0.236 e. The number of carbonyl (C=O) groups is 1. The van der Waals surface area contributed by atoms with E-state index >= 15 is 0 Å². The van der Waals surface area contributed by atoms with Crippen molar-refractivity contribution in [2.24, 2.45) is 0 Å². The Morgan fingerprint density at radius 1 is 1.13 bits per heavy atom. The minimum absolute atomic E-state index is 0.0747. The van der Waals surface area contributed by atoms with Gasteiger partial charge in [-0.3, -0.25) is 4.79 Å². The maximum atomic E-state index is 13.4. The molecule has 0 unspecified atom stereocenters. The molecule has 0 aliphatic carbocycles. The maximum absolute atomic E-state index is 13.4. The summed E-state index contributed by atoms with van der Waals surface area (Å²) < 4.78 is 28.1. The van der Waals surface area contributed by atoms with Crippen molar-refractivity contribution in [1.82, 2.24) is 25.2 Å². The quantitative estimate of drug-likeness (QED) is 0.431. The van der Waals surface area contributed by atoms with Gasteiger partial charge in [0.15, 0.2) is 16.8 Å². The first-order valence-corrected chi connectivity index (χ1v) is 11.0. The van der Waals surface area contributed by atoms with Gasteiger partial charge >= 0.3 is 0 Å². The van der Waals surface area contributed by atoms with Gasteiger partial charge in [0.2, 0.25) is 11.1 Å². The Bertz CT molecular complexity index is 1260. The Labute approximate surface area is 184 Å². The van der Waals surface area contributed by atoms with Crippen molar-refractivity contribution in [3.05, 3.63) is 64.5 Å². The monoisotopic (exact) mass is 458 g/mol. The predicted octanol–water partition coefficient (Wildman–Crippen LogP) is 4.41. The van der Waals surface area contributed by atoms with Crippen LogP contribution < -0.4 is 5.32 Å². The van der Waals surface area contributed by atoms with Crippen LogP contribution in [0.3, 0.4) is 0 Å². The molecule has 11 heteroatoms. The number of benzene rings is 2. The second-order valence-corrected chi connectivity index (χ2v) is 8.45. The van der Waals surface area contributed by atoms with Gasteiger partial charge < -0.3 is 5.32 Å². The number of amides is 1. The summed E-state index contributed by atoms with van der Waals surface area (Å²) in [6.45, 7) is 4.03. The summed E-state index contributed by atoms with van der Waals surface area (Å²) in [6, 6.07) is 9.42. The van der Waals surface area contributed by atoms with Gasteiger partial charge in [-0.1, -0.05) is 17.8 Å². The average molecular weight is 459 g/mol. The van der Waals surface area contributed by atoms with Crippen LogP contribution in [0.25, 0.3) is 16.9 Å². The average Bonchev–Trinajstić information content (AvgIpc) is 3.40. The molecule has 1 N–H and O–H groups in total. The first kappa shape index (κ1) is 21.1. The fraction of sp³-hybridized carbons (Fsp3) is 0.150. The molecule has 7 nitrogen and oxygen atoms in total. The van der Waals surface area contributed by atoms with Gasteiger partial charge in [0.25, 0.3) is 0 Å². The molecule has 2 heterocycles. The third-order valence-corrected chi connectivity index (χ3v) is 6.15. The number of aryl methyl sites for hydroxylation is 2. The van der Waals surface area contributed by atoms with E-state index in [4.69, 9.17) is 0 Å². The van der Waals surface area contributed by atoms with E-state index in [-0.39, 0.29) is 11.7 Å². The van der Waals surface area contributed by atoms with E-state index in [0.29, 0.717) is 21.5 Å². The van der Waals surface area contributed by atoms with Crippen LogP contribution in [0.4, 0.5) is 13.9 Å². The number of hydrogen-bond donors (Lipinski definition) is 1. The van der Waals surface area contributed by atoms with Crippen LogP contribution in [0.15, 0.2) is 46.9 Å². The number of nitrogens with one attached hydrogen (secondary N) is 1. The van der Waals surface area contributed by atoms with Crippen LogP contribution in [0.1, 0.15) is 11.1 Å². The third-order valence-electron chi connectivity index (χ3n) is 4.47. The molecule has 0 aliphatic rings. The molecule has 1 amide bonds. The maximum Gasteiger partial charge on any atom is 0.236 e. The number of hydrogen-bond acceptors (Lipinski definition) is 7. The number of rotatable bonds is 6. The second kappa shape index (κ2) is 8.90. The summed E-state index contributed by atoms with van der Waals surface area (Å²) in [6.07, 6.45) is 0. The third kappa shape index (κ3) is 4.78. The Kier molecular flexibility index (Phi) is 6.05. The molecule has 0 saturated heterocycles. The molecule has 2 aromatic heterocycles. The minimum atomic E-state index is -0.950. The number of nitrogens with zero attached hydrogens (tertiary/aromatic N) is 5. The van der Waals surface area contributed by atoms with Crippen molar-refractivity contribution in [2.45, 2.75) is 19.0 Å². The molecule has 2 aromatic carbocycles. The minimum Gasteiger partial charge on any atom is -0.301 e. The largest absolute Gasteiger partial charge is 0.301 e. The van der Waals surface area contributed by atoms with E-state index in [0.717, 1.165) is 28.9 Å². The van der Waals surface area contributed by atoms with Gasteiger partial charge in [-0.25, -0.2) is 13.8 Å². The zero-order valence-corrected chi connectivity index (χ0v) is 18.1. The summed E-state index contributed by atoms with van der Waals surface area (Å²) in [5, 5.41) is 16.9. The van der Waals surface area contributed by atoms with Gasteiger partial charge in [-0.2, -0.15) is 4.68 Å². The predicted molar refractivity (Wildman–Crippen MR) is 115 cm³/mol. The standard InChI is InChI=1S/C20H16F2N6OS2/c1-11-3-5-14(7-12(11)2)28-20(25-26-27-28)31-10-18(29)24-19-23-17(9-30-19)13-4-6-15(21)16(22)8-13/h3-9H,10H2,1-2H3,(H,23,24,29). The zero-order chi connectivity index (χ0) is 22.0. The lowest BCUT2D eigenvalue weighted by Crippen LogP contribution is -2.14. The molecule has 0 aliphatic heterocycles. The van der Waals surface area contributed by atoms with E-state index in [9.17, 15) is 13.6 Å². The van der Waals surface area contributed by atoms with E-state index in [1.54, 1.807) is 10.1 Å². The highest BCUT2D eigenvalue weighted by atomic mass is 32.2. The van der Waals surface area contributed by atoms with Crippen LogP contribution in [-0.2, 0) is 4.79 Å². The van der Waals surface area contributed by atoms with Gasteiger partial charge in [-0.05, 0) is 65.7 Å². The summed E-state index contributed by atoms with van der Waals surface area (Å²) >= 11 is 2.39. The molecule has 31 heavy (non-hydrogen) atoms. The number of halogens is 2. The molecule has 0 bridgehead atoms. The molecule has 4 aromatic rings. The lowest BCUT2D eigenvalue weighted by Gasteiger charge is -2.07. The second-order valence-electron chi connectivity index (χ2n) is 6.65. The van der Waals surface area contributed by atoms with Crippen molar-refractivity contribution in [3.8, 4) is 16.9 Å². The van der Waals surface area contributed by atoms with Gasteiger partial charge in [0.1, 0.15) is 0 Å². The van der Waals surface area contributed by atoms with Crippen molar-refractivity contribution in [2.75, 3.05) is 11.1 Å². The molecule has 4 rings (SSSR count).